The van der Waals surface area contributed by atoms with Crippen LogP contribution in [0.3, 0.4) is 0 Å². The van der Waals surface area contributed by atoms with E-state index < -0.39 is 12.0 Å². The predicted octanol–water partition coefficient (Wildman–Crippen LogP) is 0.852. The van der Waals surface area contributed by atoms with Crippen molar-refractivity contribution >= 4 is 17.8 Å². The van der Waals surface area contributed by atoms with Crippen molar-refractivity contribution in [1.29, 1.82) is 0 Å². The van der Waals surface area contributed by atoms with Gasteiger partial charge >= 0.3 is 5.97 Å². The molecule has 2 unspecified atom stereocenters. The van der Waals surface area contributed by atoms with Crippen LogP contribution in [0.15, 0.2) is 0 Å². The highest BCUT2D eigenvalue weighted by Crippen LogP contribution is 2.33. The van der Waals surface area contributed by atoms with Crippen LogP contribution in [0.4, 0.5) is 0 Å². The number of hydrogen-bond acceptors (Lipinski definition) is 4. The van der Waals surface area contributed by atoms with Gasteiger partial charge in [-0.05, 0) is 26.2 Å². The second kappa shape index (κ2) is 5.91. The fourth-order valence-electron chi connectivity index (χ4n) is 2.76. The fraction of sp³-hybridized carbons (Fsp3) is 0.786. The van der Waals surface area contributed by atoms with E-state index in [1.165, 1.54) is 4.90 Å². The van der Waals surface area contributed by atoms with Gasteiger partial charge in [-0.25, -0.2) is 0 Å². The lowest BCUT2D eigenvalue weighted by Crippen LogP contribution is -2.46. The number of aliphatic carboxylic acids is 1. The van der Waals surface area contributed by atoms with Crippen LogP contribution in [-0.2, 0) is 14.4 Å². The first-order valence-corrected chi connectivity index (χ1v) is 7.29. The Morgan fingerprint density at radius 3 is 2.60 bits per heavy atom. The van der Waals surface area contributed by atoms with Gasteiger partial charge in [-0.1, -0.05) is 6.92 Å². The minimum absolute atomic E-state index is 0.0117. The van der Waals surface area contributed by atoms with E-state index in [1.807, 2.05) is 18.7 Å². The molecule has 20 heavy (non-hydrogen) atoms. The number of rotatable bonds is 7. The lowest BCUT2D eigenvalue weighted by molar-refractivity contribution is -0.143. The quantitative estimate of drug-likeness (QED) is 0.700. The number of carboxylic acids is 1. The molecule has 1 N–H and O–H groups in total. The van der Waals surface area contributed by atoms with Crippen LogP contribution < -0.4 is 0 Å². The molecule has 2 aliphatic rings. The van der Waals surface area contributed by atoms with Crippen molar-refractivity contribution in [2.24, 2.45) is 0 Å². The molecule has 0 spiro atoms. The summed E-state index contributed by atoms with van der Waals surface area (Å²) in [6, 6.07) is -0.267. The van der Waals surface area contributed by atoms with Crippen LogP contribution in [0.2, 0.25) is 0 Å². The molecule has 6 heteroatoms. The molecule has 0 aromatic heterocycles. The Morgan fingerprint density at radius 2 is 2.10 bits per heavy atom. The van der Waals surface area contributed by atoms with Crippen LogP contribution >= 0.6 is 0 Å². The minimum Gasteiger partial charge on any atom is -0.481 e. The number of hydrogen-bond donors (Lipinski definition) is 1. The lowest BCUT2D eigenvalue weighted by atomic mass is 10.2. The maximum Gasteiger partial charge on any atom is 0.304 e. The maximum absolute atomic E-state index is 12.5. The molecule has 1 heterocycles. The Bertz CT molecular complexity index is 419. The third kappa shape index (κ3) is 3.00. The number of likely N-dealkylation sites (tertiary alicyclic amines) is 1. The van der Waals surface area contributed by atoms with Crippen molar-refractivity contribution in [3.8, 4) is 0 Å². The van der Waals surface area contributed by atoms with Crippen LogP contribution in [0.5, 0.6) is 0 Å². The number of carboxylic acid groups (broad SMARTS) is 1. The molecule has 6 nitrogen and oxygen atoms in total. The van der Waals surface area contributed by atoms with Gasteiger partial charge in [0.2, 0.25) is 11.8 Å². The predicted molar refractivity (Wildman–Crippen MR) is 72.0 cm³/mol. The zero-order valence-electron chi connectivity index (χ0n) is 12.0. The summed E-state index contributed by atoms with van der Waals surface area (Å²) in [5.74, 6) is -1.15. The topological polar surface area (TPSA) is 77.9 Å². The summed E-state index contributed by atoms with van der Waals surface area (Å²) in [6.07, 6.45) is 2.92. The second-order valence-corrected chi connectivity index (χ2v) is 5.69. The van der Waals surface area contributed by atoms with Crippen molar-refractivity contribution in [3.05, 3.63) is 0 Å². The van der Waals surface area contributed by atoms with E-state index in [0.29, 0.717) is 6.54 Å². The highest BCUT2D eigenvalue weighted by molar-refractivity contribution is 6.05. The molecule has 1 saturated heterocycles. The van der Waals surface area contributed by atoms with E-state index in [1.54, 1.807) is 0 Å². The zero-order chi connectivity index (χ0) is 14.9. The van der Waals surface area contributed by atoms with Gasteiger partial charge in [0.15, 0.2) is 0 Å². The van der Waals surface area contributed by atoms with Gasteiger partial charge in [0.1, 0.15) is 0 Å². The summed E-state index contributed by atoms with van der Waals surface area (Å²) in [5, 5.41) is 8.81. The molecular formula is C14H22N2O4. The molecule has 2 atom stereocenters. The third-order valence-corrected chi connectivity index (χ3v) is 4.19. The van der Waals surface area contributed by atoms with Crippen molar-refractivity contribution in [2.45, 2.75) is 64.1 Å². The van der Waals surface area contributed by atoms with Gasteiger partial charge in [0.05, 0.1) is 18.9 Å². The Kier molecular flexibility index (Phi) is 4.42. The molecule has 1 aliphatic heterocycles. The Morgan fingerprint density at radius 1 is 1.45 bits per heavy atom. The number of amides is 2. The van der Waals surface area contributed by atoms with Gasteiger partial charge in [0, 0.05) is 18.6 Å². The van der Waals surface area contributed by atoms with E-state index in [2.05, 4.69) is 0 Å². The van der Waals surface area contributed by atoms with Crippen LogP contribution in [-0.4, -0.2) is 57.4 Å². The molecule has 0 aromatic rings. The monoisotopic (exact) mass is 282 g/mol. The van der Waals surface area contributed by atoms with E-state index in [-0.39, 0.29) is 36.7 Å². The first-order valence-electron chi connectivity index (χ1n) is 7.29. The molecule has 2 rings (SSSR count). The Hall–Kier alpha value is -1.43. The lowest BCUT2D eigenvalue weighted by Gasteiger charge is -2.28. The van der Waals surface area contributed by atoms with Gasteiger partial charge < -0.3 is 5.11 Å². The SMILES string of the molecule is CCC(C)N1C(=O)CC(N(CCC(=O)O)C2CC2)C1=O. The molecule has 2 amide bonds. The molecule has 0 bridgehead atoms. The summed E-state index contributed by atoms with van der Waals surface area (Å²) >= 11 is 0. The zero-order valence-corrected chi connectivity index (χ0v) is 12.0. The minimum atomic E-state index is -0.869. The summed E-state index contributed by atoms with van der Waals surface area (Å²) in [5.41, 5.74) is 0. The molecular weight excluding hydrogens is 260 g/mol. The molecule has 0 aromatic carbocycles. The number of carbonyl (C=O) groups excluding carboxylic acids is 2. The van der Waals surface area contributed by atoms with Crippen molar-refractivity contribution < 1.29 is 19.5 Å². The largest absolute Gasteiger partial charge is 0.481 e. The summed E-state index contributed by atoms with van der Waals surface area (Å²) in [7, 11) is 0. The van der Waals surface area contributed by atoms with E-state index in [9.17, 15) is 14.4 Å². The van der Waals surface area contributed by atoms with Crippen molar-refractivity contribution in [3.63, 3.8) is 0 Å². The molecule has 112 valence electrons. The summed E-state index contributed by atoms with van der Waals surface area (Å²) in [4.78, 5) is 38.5. The van der Waals surface area contributed by atoms with Crippen molar-refractivity contribution in [1.82, 2.24) is 9.80 Å². The average molecular weight is 282 g/mol. The van der Waals surface area contributed by atoms with Crippen LogP contribution in [0.1, 0.15) is 46.0 Å². The number of imide groups is 1. The molecule has 0 radical (unpaired) electrons. The van der Waals surface area contributed by atoms with Gasteiger partial charge in [-0.2, -0.15) is 0 Å². The van der Waals surface area contributed by atoms with Crippen molar-refractivity contribution in [2.75, 3.05) is 6.54 Å². The number of nitrogens with zero attached hydrogens (tertiary/aromatic N) is 2. The summed E-state index contributed by atoms with van der Waals surface area (Å²) < 4.78 is 0. The highest BCUT2D eigenvalue weighted by Gasteiger charge is 2.47. The Balaban J connectivity index is 2.08. The molecule has 2 fully saturated rings. The van der Waals surface area contributed by atoms with E-state index in [4.69, 9.17) is 5.11 Å². The van der Waals surface area contributed by atoms with Gasteiger partial charge in [-0.3, -0.25) is 24.2 Å². The van der Waals surface area contributed by atoms with Gasteiger partial charge in [0.25, 0.3) is 0 Å². The van der Waals surface area contributed by atoms with Crippen LogP contribution in [0.25, 0.3) is 0 Å². The summed E-state index contributed by atoms with van der Waals surface area (Å²) in [6.45, 7) is 4.16. The average Bonchev–Trinajstić information content (AvgIpc) is 3.17. The Labute approximate surface area is 118 Å². The maximum atomic E-state index is 12.5. The second-order valence-electron chi connectivity index (χ2n) is 5.69. The molecule has 1 aliphatic carbocycles. The smallest absolute Gasteiger partial charge is 0.304 e. The highest BCUT2D eigenvalue weighted by atomic mass is 16.4. The fourth-order valence-corrected chi connectivity index (χ4v) is 2.76. The van der Waals surface area contributed by atoms with E-state index >= 15 is 0 Å². The third-order valence-electron chi connectivity index (χ3n) is 4.19. The van der Waals surface area contributed by atoms with E-state index in [0.717, 1.165) is 19.3 Å². The number of carbonyl (C=O) groups is 3. The normalized spacial score (nSPS) is 24.6. The standard InChI is InChI=1S/C14H22N2O4/c1-3-9(2)16-12(17)8-11(14(16)20)15(10-4-5-10)7-6-13(18)19/h9-11H,3-8H2,1-2H3,(H,18,19). The first kappa shape index (κ1) is 15.0. The molecule has 1 saturated carbocycles. The van der Waals surface area contributed by atoms with Crippen LogP contribution in [0, 0.1) is 0 Å². The van der Waals surface area contributed by atoms with Gasteiger partial charge in [-0.15, -0.1) is 0 Å². The first-order chi connectivity index (χ1) is 9.45.